The second-order valence-electron chi connectivity index (χ2n) is 6.99. The van der Waals surface area contributed by atoms with Crippen molar-refractivity contribution in [3.8, 4) is 12.3 Å². The molecule has 1 aromatic rings. The van der Waals surface area contributed by atoms with Crippen LogP contribution < -0.4 is 10.6 Å². The third kappa shape index (κ3) is 7.21. The van der Waals surface area contributed by atoms with Crippen LogP contribution in [-0.2, 0) is 4.74 Å². The van der Waals surface area contributed by atoms with Gasteiger partial charge >= 0.3 is 6.03 Å². The first-order valence-electron chi connectivity index (χ1n) is 9.91. The molecule has 0 unspecified atom stereocenters. The summed E-state index contributed by atoms with van der Waals surface area (Å²) in [7, 11) is 0. The Bertz CT molecular complexity index is 679. The summed E-state index contributed by atoms with van der Waals surface area (Å²) < 4.78 is 5.80. The van der Waals surface area contributed by atoms with Crippen molar-refractivity contribution in [2.45, 2.75) is 73.8 Å². The summed E-state index contributed by atoms with van der Waals surface area (Å²) in [6.45, 7) is 2.53. The van der Waals surface area contributed by atoms with Crippen molar-refractivity contribution >= 4 is 23.5 Å². The van der Waals surface area contributed by atoms with Gasteiger partial charge in [-0.1, -0.05) is 25.1 Å². The van der Waals surface area contributed by atoms with E-state index in [0.717, 1.165) is 24.2 Å². The van der Waals surface area contributed by atoms with Gasteiger partial charge in [-0.05, 0) is 43.5 Å². The van der Waals surface area contributed by atoms with Gasteiger partial charge in [-0.25, -0.2) is 4.79 Å². The highest BCUT2D eigenvalue weighted by Crippen LogP contribution is 2.34. The van der Waals surface area contributed by atoms with E-state index in [0.29, 0.717) is 25.1 Å². The van der Waals surface area contributed by atoms with Crippen molar-refractivity contribution < 1.29 is 24.9 Å². The molecule has 1 fully saturated rings. The Morgan fingerprint density at radius 3 is 2.55 bits per heavy atom. The Balaban J connectivity index is 1.85. The number of hydrogen-bond acceptors (Lipinski definition) is 6. The molecule has 160 valence electrons. The number of aliphatic hydroxyl groups excluding tert-OH is 3. The fourth-order valence-corrected chi connectivity index (χ4v) is 4.08. The van der Waals surface area contributed by atoms with Crippen molar-refractivity contribution in [1.82, 2.24) is 5.32 Å². The van der Waals surface area contributed by atoms with Gasteiger partial charge in [0.25, 0.3) is 0 Å². The van der Waals surface area contributed by atoms with E-state index in [1.807, 2.05) is 6.92 Å². The Kier molecular flexibility index (Phi) is 9.78. The molecule has 1 aliphatic heterocycles. The Labute approximate surface area is 176 Å². The van der Waals surface area contributed by atoms with Crippen LogP contribution in [0.4, 0.5) is 10.5 Å². The molecule has 0 aliphatic carbocycles. The lowest BCUT2D eigenvalue weighted by molar-refractivity contribution is -0.199. The first-order valence-corrected chi connectivity index (χ1v) is 10.8. The number of aliphatic hydroxyl groups is 3. The molecule has 0 bridgehead atoms. The van der Waals surface area contributed by atoms with Crippen LogP contribution in [0.2, 0.25) is 0 Å². The van der Waals surface area contributed by atoms with E-state index in [-0.39, 0.29) is 6.03 Å². The topological polar surface area (TPSA) is 111 Å². The van der Waals surface area contributed by atoms with Gasteiger partial charge in [-0.15, -0.1) is 12.3 Å². The summed E-state index contributed by atoms with van der Waals surface area (Å²) in [5, 5.41) is 35.9. The fourth-order valence-electron chi connectivity index (χ4n) is 3.02. The van der Waals surface area contributed by atoms with Crippen LogP contribution in [0.1, 0.15) is 39.0 Å². The highest BCUT2D eigenvalue weighted by atomic mass is 32.2. The summed E-state index contributed by atoms with van der Waals surface area (Å²) in [5.74, 6) is 2.56. The minimum Gasteiger partial charge on any atom is -0.388 e. The van der Waals surface area contributed by atoms with E-state index in [1.165, 1.54) is 11.8 Å². The molecule has 1 saturated heterocycles. The zero-order chi connectivity index (χ0) is 21.2. The predicted octanol–water partition coefficient (Wildman–Crippen LogP) is 2.31. The molecule has 8 heteroatoms. The number of anilines is 1. The van der Waals surface area contributed by atoms with Gasteiger partial charge in [-0.3, -0.25) is 0 Å². The number of urea groups is 1. The molecule has 5 N–H and O–H groups in total. The van der Waals surface area contributed by atoms with Crippen molar-refractivity contribution in [3.63, 3.8) is 0 Å². The van der Waals surface area contributed by atoms with E-state index in [4.69, 9.17) is 11.2 Å². The van der Waals surface area contributed by atoms with E-state index in [9.17, 15) is 20.1 Å². The second kappa shape index (κ2) is 12.1. The Hall–Kier alpha value is -1.76. The molecule has 2 rings (SSSR count). The van der Waals surface area contributed by atoms with E-state index in [2.05, 4.69) is 16.6 Å². The fraction of sp³-hybridized carbons (Fsp3) is 0.571. The van der Waals surface area contributed by atoms with Crippen LogP contribution in [0.25, 0.3) is 0 Å². The highest BCUT2D eigenvalue weighted by molar-refractivity contribution is 7.99. The van der Waals surface area contributed by atoms with Crippen LogP contribution in [0.3, 0.4) is 0 Å². The molecule has 0 spiro atoms. The molecular weight excluding hydrogens is 392 g/mol. The van der Waals surface area contributed by atoms with Crippen LogP contribution in [-0.4, -0.2) is 57.7 Å². The van der Waals surface area contributed by atoms with Gasteiger partial charge in [-0.2, -0.15) is 0 Å². The first kappa shape index (κ1) is 23.5. The summed E-state index contributed by atoms with van der Waals surface area (Å²) in [6.07, 6.45) is 4.95. The summed E-state index contributed by atoms with van der Waals surface area (Å²) in [6, 6.07) is 6.83. The molecule has 1 aliphatic rings. The Morgan fingerprint density at radius 1 is 1.17 bits per heavy atom. The van der Waals surface area contributed by atoms with Crippen LogP contribution in [0.5, 0.6) is 0 Å². The summed E-state index contributed by atoms with van der Waals surface area (Å²) in [5.41, 5.74) is -0.0463. The molecule has 5 atom stereocenters. The normalized spacial score (nSPS) is 26.5. The minimum absolute atomic E-state index is 0.281. The first-order chi connectivity index (χ1) is 14.0. The highest BCUT2D eigenvalue weighted by Gasteiger charge is 2.43. The number of thioether (sulfide) groups is 1. The third-order valence-electron chi connectivity index (χ3n) is 4.64. The van der Waals surface area contributed by atoms with Gasteiger partial charge in [0.2, 0.25) is 0 Å². The molecule has 29 heavy (non-hydrogen) atoms. The van der Waals surface area contributed by atoms with Gasteiger partial charge < -0.3 is 30.7 Å². The quantitative estimate of drug-likeness (QED) is 0.309. The molecule has 2 amide bonds. The smallest absolute Gasteiger partial charge is 0.319 e. The number of unbranched alkanes of at least 4 members (excludes halogenated alkanes) is 2. The molecule has 0 radical (unpaired) electrons. The lowest BCUT2D eigenvalue weighted by atomic mass is 9.97. The number of terminal acetylenes is 1. The van der Waals surface area contributed by atoms with Crippen LogP contribution >= 0.6 is 11.8 Å². The van der Waals surface area contributed by atoms with Gasteiger partial charge in [0.15, 0.2) is 0 Å². The molecule has 1 aromatic carbocycles. The van der Waals surface area contributed by atoms with Crippen LogP contribution in [0, 0.1) is 12.3 Å². The largest absolute Gasteiger partial charge is 0.388 e. The average molecular weight is 423 g/mol. The van der Waals surface area contributed by atoms with Crippen LogP contribution in [0.15, 0.2) is 29.2 Å². The third-order valence-corrected chi connectivity index (χ3v) is 5.81. The second-order valence-corrected chi connectivity index (χ2v) is 8.16. The number of carbonyl (C=O) groups excluding carboxylic acids is 1. The lowest BCUT2D eigenvalue weighted by Crippen LogP contribution is -2.56. The molecule has 1 heterocycles. The zero-order valence-corrected chi connectivity index (χ0v) is 17.4. The maximum absolute atomic E-state index is 11.9. The standard InChI is InChI=1S/C21H30N2O5S/c1-3-5-6-7-13-22-21(27)23-14-9-11-15(12-10-14)29-20-19(26)18(25)17(24)16(28-20)8-4-2/h1,9-12,16-20,24-26H,4-8,13H2,2H3,(H2,22,23,27)/t16-,17-,18+,19+,20-/m1/s1. The number of carbonyl (C=O) groups is 1. The Morgan fingerprint density at radius 2 is 1.90 bits per heavy atom. The number of hydrogen-bond donors (Lipinski definition) is 5. The van der Waals surface area contributed by atoms with E-state index in [1.54, 1.807) is 24.3 Å². The van der Waals surface area contributed by atoms with E-state index < -0.39 is 29.9 Å². The molecule has 0 saturated carbocycles. The molecule has 0 aromatic heterocycles. The monoisotopic (exact) mass is 422 g/mol. The minimum atomic E-state index is -1.25. The lowest BCUT2D eigenvalue weighted by Gasteiger charge is -2.40. The zero-order valence-electron chi connectivity index (χ0n) is 16.6. The van der Waals surface area contributed by atoms with E-state index >= 15 is 0 Å². The molecule has 7 nitrogen and oxygen atoms in total. The number of benzene rings is 1. The number of nitrogens with one attached hydrogen (secondary N) is 2. The SMILES string of the molecule is C#CCCCCNC(=O)Nc1ccc(S[C@H]2O[C@H](CCC)[C@@H](O)[C@H](O)[C@@H]2O)cc1. The van der Waals surface area contributed by atoms with Crippen molar-refractivity contribution in [1.29, 1.82) is 0 Å². The van der Waals surface area contributed by atoms with Crippen molar-refractivity contribution in [2.24, 2.45) is 0 Å². The predicted molar refractivity (Wildman–Crippen MR) is 114 cm³/mol. The van der Waals surface area contributed by atoms with Gasteiger partial charge in [0.05, 0.1) is 6.10 Å². The number of ether oxygens (including phenoxy) is 1. The number of rotatable bonds is 9. The molecular formula is C21H30N2O5S. The van der Waals surface area contributed by atoms with Crippen molar-refractivity contribution in [3.05, 3.63) is 24.3 Å². The maximum atomic E-state index is 11.9. The maximum Gasteiger partial charge on any atom is 0.319 e. The van der Waals surface area contributed by atoms with Gasteiger partial charge in [0.1, 0.15) is 23.7 Å². The average Bonchev–Trinajstić information content (AvgIpc) is 2.71. The number of amides is 2. The van der Waals surface area contributed by atoms with Crippen molar-refractivity contribution in [2.75, 3.05) is 11.9 Å². The summed E-state index contributed by atoms with van der Waals surface area (Å²) in [4.78, 5) is 12.7. The summed E-state index contributed by atoms with van der Waals surface area (Å²) >= 11 is 1.27. The van der Waals surface area contributed by atoms with Gasteiger partial charge in [0, 0.05) is 23.5 Å².